The number of rotatable bonds is 6. The van der Waals surface area contributed by atoms with E-state index in [4.69, 9.17) is 9.47 Å². The third-order valence-electron chi connectivity index (χ3n) is 3.61. The average molecular weight is 363 g/mol. The predicted octanol–water partition coefficient (Wildman–Crippen LogP) is 1.74. The molecule has 1 aliphatic rings. The van der Waals surface area contributed by atoms with Gasteiger partial charge < -0.3 is 9.47 Å². The van der Waals surface area contributed by atoms with Crippen LogP contribution in [-0.4, -0.2) is 39.7 Å². The first kappa shape index (κ1) is 18.8. The fraction of sp³-hybridized carbons (Fsp3) is 0.533. The van der Waals surface area contributed by atoms with Crippen molar-refractivity contribution < 1.29 is 31.5 Å². The molecule has 134 valence electrons. The van der Waals surface area contributed by atoms with Crippen molar-refractivity contribution in [2.75, 3.05) is 13.2 Å². The quantitative estimate of drug-likeness (QED) is 0.833. The summed E-state index contributed by atoms with van der Waals surface area (Å²) in [5, 5.41) is 0. The van der Waals surface area contributed by atoms with E-state index in [1.807, 2.05) is 0 Å². The van der Waals surface area contributed by atoms with Crippen LogP contribution in [0, 0.1) is 11.6 Å². The lowest BCUT2D eigenvalue weighted by molar-refractivity contribution is -0.133. The van der Waals surface area contributed by atoms with Gasteiger partial charge in [0.05, 0.1) is 17.6 Å². The topological polar surface area (TPSA) is 81.7 Å². The van der Waals surface area contributed by atoms with E-state index in [9.17, 15) is 22.0 Å². The zero-order valence-electron chi connectivity index (χ0n) is 13.1. The van der Waals surface area contributed by atoms with E-state index in [0.29, 0.717) is 18.7 Å². The van der Waals surface area contributed by atoms with Crippen LogP contribution in [0.15, 0.2) is 23.1 Å². The van der Waals surface area contributed by atoms with E-state index in [2.05, 4.69) is 0 Å². The molecule has 1 aliphatic heterocycles. The number of ether oxygens (including phenoxy) is 2. The van der Waals surface area contributed by atoms with Crippen molar-refractivity contribution in [3.05, 3.63) is 29.8 Å². The normalized spacial score (nSPS) is 19.7. The lowest BCUT2D eigenvalue weighted by Gasteiger charge is -2.23. The fourth-order valence-corrected chi connectivity index (χ4v) is 3.24. The summed E-state index contributed by atoms with van der Waals surface area (Å²) in [6, 6.07) is 2.05. The summed E-state index contributed by atoms with van der Waals surface area (Å²) < 4.78 is 62.6. The van der Waals surface area contributed by atoms with Gasteiger partial charge in [0.1, 0.15) is 6.10 Å². The molecule has 0 aliphatic carbocycles. The van der Waals surface area contributed by atoms with Gasteiger partial charge in [-0.05, 0) is 44.4 Å². The number of nitrogens with one attached hydrogen (secondary N) is 1. The highest BCUT2D eigenvalue weighted by atomic mass is 32.2. The van der Waals surface area contributed by atoms with Crippen molar-refractivity contribution >= 4 is 15.9 Å². The molecule has 9 heteroatoms. The second-order valence-corrected chi connectivity index (χ2v) is 7.19. The van der Waals surface area contributed by atoms with Gasteiger partial charge in [0, 0.05) is 6.61 Å². The Morgan fingerprint density at radius 3 is 2.75 bits per heavy atom. The number of hydrogen-bond acceptors (Lipinski definition) is 5. The number of halogens is 2. The maximum atomic E-state index is 13.1. The van der Waals surface area contributed by atoms with Gasteiger partial charge in [-0.25, -0.2) is 21.9 Å². The third kappa shape index (κ3) is 4.96. The Morgan fingerprint density at radius 2 is 2.12 bits per heavy atom. The Morgan fingerprint density at radius 1 is 1.38 bits per heavy atom. The highest BCUT2D eigenvalue weighted by molar-refractivity contribution is 7.90. The number of carbonyl (C=O) groups is 1. The number of carbonyl (C=O) groups excluding carboxylic acids is 1. The monoisotopic (exact) mass is 363 g/mol. The molecule has 24 heavy (non-hydrogen) atoms. The number of benzene rings is 1. The average Bonchev–Trinajstić information content (AvgIpc) is 2.55. The minimum atomic E-state index is -4.30. The molecule has 1 amide bonds. The van der Waals surface area contributed by atoms with Crippen LogP contribution < -0.4 is 4.72 Å². The van der Waals surface area contributed by atoms with Gasteiger partial charge in [0.2, 0.25) is 0 Å². The smallest absolute Gasteiger partial charge is 0.264 e. The van der Waals surface area contributed by atoms with Crippen molar-refractivity contribution in [3.63, 3.8) is 0 Å². The van der Waals surface area contributed by atoms with Gasteiger partial charge in [-0.2, -0.15) is 0 Å². The van der Waals surface area contributed by atoms with Crippen LogP contribution in [-0.2, 0) is 24.3 Å². The van der Waals surface area contributed by atoms with Crippen LogP contribution in [0.5, 0.6) is 0 Å². The number of amides is 1. The van der Waals surface area contributed by atoms with Crippen LogP contribution in [0.25, 0.3) is 0 Å². The first-order valence-corrected chi connectivity index (χ1v) is 9.03. The Balaban J connectivity index is 1.92. The zero-order chi connectivity index (χ0) is 17.7. The predicted molar refractivity (Wildman–Crippen MR) is 80.7 cm³/mol. The fourth-order valence-electron chi connectivity index (χ4n) is 2.18. The summed E-state index contributed by atoms with van der Waals surface area (Å²) in [6.07, 6.45) is 1.67. The largest absolute Gasteiger partial charge is 0.376 e. The maximum absolute atomic E-state index is 13.1. The lowest BCUT2D eigenvalue weighted by atomic mass is 10.1. The second kappa shape index (κ2) is 8.00. The maximum Gasteiger partial charge on any atom is 0.264 e. The van der Waals surface area contributed by atoms with E-state index in [0.717, 1.165) is 25.3 Å². The molecule has 1 fully saturated rings. The minimum absolute atomic E-state index is 0.114. The van der Waals surface area contributed by atoms with Crippen LogP contribution >= 0.6 is 0 Å². The molecule has 1 saturated heterocycles. The molecule has 1 aromatic rings. The van der Waals surface area contributed by atoms with Crippen molar-refractivity contribution in [1.29, 1.82) is 0 Å². The van der Waals surface area contributed by atoms with Crippen molar-refractivity contribution in [2.45, 2.75) is 43.3 Å². The first-order chi connectivity index (χ1) is 11.3. The van der Waals surface area contributed by atoms with Gasteiger partial charge in [0.15, 0.2) is 11.6 Å². The molecule has 0 aromatic heterocycles. The zero-order valence-corrected chi connectivity index (χ0v) is 13.9. The van der Waals surface area contributed by atoms with Crippen LogP contribution in [0.2, 0.25) is 0 Å². The van der Waals surface area contributed by atoms with Crippen LogP contribution in [0.3, 0.4) is 0 Å². The Kier molecular flexibility index (Phi) is 6.25. The molecule has 0 saturated carbocycles. The van der Waals surface area contributed by atoms with Gasteiger partial charge in [0.25, 0.3) is 15.9 Å². The summed E-state index contributed by atoms with van der Waals surface area (Å²) in [6.45, 7) is 2.22. The number of hydrogen-bond donors (Lipinski definition) is 1. The highest BCUT2D eigenvalue weighted by Crippen LogP contribution is 2.15. The molecule has 0 unspecified atom stereocenters. The molecule has 1 heterocycles. The standard InChI is InChI=1S/C15H19F2NO5S/c1-10(23-9-11-4-2-3-7-22-11)15(19)18-24(20,21)12-5-6-13(16)14(17)8-12/h5-6,8,10-11H,2-4,7,9H2,1H3,(H,18,19)/t10-,11+/m1/s1. The molecule has 0 spiro atoms. The molecule has 6 nitrogen and oxygen atoms in total. The Labute approximate surface area is 139 Å². The summed E-state index contributed by atoms with van der Waals surface area (Å²) in [4.78, 5) is 11.4. The lowest BCUT2D eigenvalue weighted by Crippen LogP contribution is -2.40. The van der Waals surface area contributed by atoms with Crippen LogP contribution in [0.4, 0.5) is 8.78 Å². The molecular formula is C15H19F2NO5S. The van der Waals surface area contributed by atoms with E-state index >= 15 is 0 Å². The highest BCUT2D eigenvalue weighted by Gasteiger charge is 2.24. The van der Waals surface area contributed by atoms with Gasteiger partial charge >= 0.3 is 0 Å². The second-order valence-electron chi connectivity index (χ2n) is 5.51. The van der Waals surface area contributed by atoms with Gasteiger partial charge in [-0.1, -0.05) is 0 Å². The van der Waals surface area contributed by atoms with Crippen molar-refractivity contribution in [2.24, 2.45) is 0 Å². The van der Waals surface area contributed by atoms with Gasteiger partial charge in [-0.15, -0.1) is 0 Å². The summed E-state index contributed by atoms with van der Waals surface area (Å²) in [5.41, 5.74) is 0. The van der Waals surface area contributed by atoms with E-state index in [1.54, 1.807) is 4.72 Å². The van der Waals surface area contributed by atoms with Crippen molar-refractivity contribution in [1.82, 2.24) is 4.72 Å². The molecule has 2 atom stereocenters. The molecule has 0 radical (unpaired) electrons. The SMILES string of the molecule is C[C@@H](OC[C@@H]1CCCCO1)C(=O)NS(=O)(=O)c1ccc(F)c(F)c1. The molecular weight excluding hydrogens is 344 g/mol. The van der Waals surface area contributed by atoms with Crippen molar-refractivity contribution in [3.8, 4) is 0 Å². The summed E-state index contributed by atoms with van der Waals surface area (Å²) >= 11 is 0. The summed E-state index contributed by atoms with van der Waals surface area (Å²) in [5.74, 6) is -3.39. The molecule has 1 N–H and O–H groups in total. The molecule has 1 aromatic carbocycles. The first-order valence-electron chi connectivity index (χ1n) is 7.54. The van der Waals surface area contributed by atoms with E-state index < -0.39 is 38.6 Å². The number of sulfonamides is 1. The van der Waals surface area contributed by atoms with Gasteiger partial charge in [-0.3, -0.25) is 4.79 Å². The molecule has 2 rings (SSSR count). The summed E-state index contributed by atoms with van der Waals surface area (Å²) in [7, 11) is -4.30. The Hall–Kier alpha value is -1.58. The van der Waals surface area contributed by atoms with E-state index in [1.165, 1.54) is 6.92 Å². The molecule has 0 bridgehead atoms. The van der Waals surface area contributed by atoms with Crippen LogP contribution in [0.1, 0.15) is 26.2 Å². The third-order valence-corrected chi connectivity index (χ3v) is 4.96. The van der Waals surface area contributed by atoms with E-state index in [-0.39, 0.29) is 12.7 Å². The minimum Gasteiger partial charge on any atom is -0.376 e. The Bertz CT molecular complexity index is 689.